The summed E-state index contributed by atoms with van der Waals surface area (Å²) < 4.78 is 0. The summed E-state index contributed by atoms with van der Waals surface area (Å²) in [5.41, 5.74) is 2.54. The Bertz CT molecular complexity index is 659. The minimum Gasteiger partial charge on any atom is -0.508 e. The summed E-state index contributed by atoms with van der Waals surface area (Å²) in [5, 5.41) is 28.6. The molecule has 3 nitrogen and oxygen atoms in total. The van der Waals surface area contributed by atoms with Crippen molar-refractivity contribution < 1.29 is 15.3 Å². The lowest BCUT2D eigenvalue weighted by atomic mass is 9.99. The van der Waals surface area contributed by atoms with Gasteiger partial charge in [0.1, 0.15) is 11.5 Å². The molecule has 24 heavy (non-hydrogen) atoms. The van der Waals surface area contributed by atoms with Crippen LogP contribution in [0.2, 0.25) is 0 Å². The molecule has 3 heteroatoms. The van der Waals surface area contributed by atoms with Gasteiger partial charge in [-0.05, 0) is 61.9 Å². The lowest BCUT2D eigenvalue weighted by molar-refractivity contribution is 0.0682. The molecular formula is C21H26O3. The monoisotopic (exact) mass is 326 g/mol. The summed E-state index contributed by atoms with van der Waals surface area (Å²) in [5.74, 6) is 0.104. The van der Waals surface area contributed by atoms with Crippen LogP contribution in [0.25, 0.3) is 12.2 Å². The first-order valence-electron chi connectivity index (χ1n) is 8.34. The number of aromatic hydroxyl groups is 2. The maximum Gasteiger partial charge on any atom is 0.119 e. The van der Waals surface area contributed by atoms with E-state index >= 15 is 0 Å². The molecule has 0 aliphatic carbocycles. The Morgan fingerprint density at radius 2 is 1.42 bits per heavy atom. The molecule has 0 saturated carbocycles. The van der Waals surface area contributed by atoms with Crippen molar-refractivity contribution in [1.82, 2.24) is 0 Å². The average molecular weight is 326 g/mol. The Morgan fingerprint density at radius 3 is 2.00 bits per heavy atom. The number of benzene rings is 2. The molecule has 2 aromatic carbocycles. The van der Waals surface area contributed by atoms with Gasteiger partial charge < -0.3 is 15.3 Å². The Morgan fingerprint density at radius 1 is 0.833 bits per heavy atom. The molecule has 0 aromatic heterocycles. The van der Waals surface area contributed by atoms with Crippen LogP contribution in [-0.4, -0.2) is 20.9 Å². The van der Waals surface area contributed by atoms with Crippen LogP contribution in [-0.2, 0) is 6.42 Å². The Labute approximate surface area is 143 Å². The maximum atomic E-state index is 9.70. The van der Waals surface area contributed by atoms with Crippen LogP contribution >= 0.6 is 0 Å². The zero-order chi connectivity index (χ0) is 17.6. The maximum absolute atomic E-state index is 9.70. The van der Waals surface area contributed by atoms with E-state index in [1.165, 1.54) is 11.6 Å². The molecule has 0 aliphatic heterocycles. The van der Waals surface area contributed by atoms with Crippen molar-refractivity contribution in [3.8, 4) is 11.5 Å². The molecule has 128 valence electrons. The zero-order valence-corrected chi connectivity index (χ0v) is 14.4. The third-order valence-corrected chi connectivity index (χ3v) is 3.88. The van der Waals surface area contributed by atoms with E-state index in [4.69, 9.17) is 0 Å². The van der Waals surface area contributed by atoms with Gasteiger partial charge >= 0.3 is 0 Å². The summed E-state index contributed by atoms with van der Waals surface area (Å²) in [6.07, 6.45) is 7.74. The standard InChI is InChI=1S/C21H26O3/c1-21(2,24)12-4-3-5-16-6-8-17(9-7-16)10-11-18-13-19(22)15-20(23)14-18/h6-11,13-15,22-24H,3-5,12H2,1-2H3/b11-10+. The predicted octanol–water partition coefficient (Wildman–Crippen LogP) is 4.75. The molecule has 2 aromatic rings. The zero-order valence-electron chi connectivity index (χ0n) is 14.4. The van der Waals surface area contributed by atoms with Crippen LogP contribution in [0, 0.1) is 0 Å². The molecule has 0 heterocycles. The van der Waals surface area contributed by atoms with Crippen LogP contribution in [0.1, 0.15) is 49.8 Å². The summed E-state index contributed by atoms with van der Waals surface area (Å²) in [4.78, 5) is 0. The minimum atomic E-state index is -0.574. The van der Waals surface area contributed by atoms with Gasteiger partial charge in [0.25, 0.3) is 0 Å². The normalized spacial score (nSPS) is 12.0. The number of aliphatic hydroxyl groups is 1. The van der Waals surface area contributed by atoms with Crippen LogP contribution < -0.4 is 0 Å². The molecule has 0 saturated heterocycles. The summed E-state index contributed by atoms with van der Waals surface area (Å²) in [6, 6.07) is 12.9. The van der Waals surface area contributed by atoms with Crippen molar-refractivity contribution >= 4 is 12.2 Å². The minimum absolute atomic E-state index is 0.0519. The van der Waals surface area contributed by atoms with Gasteiger partial charge in [0, 0.05) is 6.07 Å². The fraction of sp³-hybridized carbons (Fsp3) is 0.333. The molecule has 0 amide bonds. The lowest BCUT2D eigenvalue weighted by Gasteiger charge is -2.16. The second kappa shape index (κ2) is 8.02. The highest BCUT2D eigenvalue weighted by Crippen LogP contribution is 2.22. The molecule has 0 unspecified atom stereocenters. The predicted molar refractivity (Wildman–Crippen MR) is 99.0 cm³/mol. The van der Waals surface area contributed by atoms with Gasteiger partial charge in [0.15, 0.2) is 0 Å². The van der Waals surface area contributed by atoms with E-state index in [1.54, 1.807) is 12.1 Å². The molecule has 0 bridgehead atoms. The summed E-state index contributed by atoms with van der Waals surface area (Å²) >= 11 is 0. The van der Waals surface area contributed by atoms with Crippen LogP contribution in [0.15, 0.2) is 42.5 Å². The van der Waals surface area contributed by atoms with Crippen LogP contribution in [0.5, 0.6) is 11.5 Å². The number of hydrogen-bond donors (Lipinski definition) is 3. The highest BCUT2D eigenvalue weighted by molar-refractivity contribution is 5.71. The number of hydrogen-bond acceptors (Lipinski definition) is 3. The van der Waals surface area contributed by atoms with E-state index in [0.717, 1.165) is 36.8 Å². The van der Waals surface area contributed by atoms with Crippen molar-refractivity contribution in [2.24, 2.45) is 0 Å². The molecule has 0 atom stereocenters. The number of rotatable bonds is 7. The Kier molecular flexibility index (Phi) is 6.04. The van der Waals surface area contributed by atoms with Crippen molar-refractivity contribution in [3.05, 3.63) is 59.2 Å². The second-order valence-electron chi connectivity index (χ2n) is 6.88. The number of aryl methyl sites for hydroxylation is 1. The van der Waals surface area contributed by atoms with E-state index in [-0.39, 0.29) is 11.5 Å². The van der Waals surface area contributed by atoms with Gasteiger partial charge in [-0.3, -0.25) is 0 Å². The molecule has 0 fully saturated rings. The first-order chi connectivity index (χ1) is 11.3. The molecule has 0 spiro atoms. The van der Waals surface area contributed by atoms with Crippen LogP contribution in [0.3, 0.4) is 0 Å². The quantitative estimate of drug-likeness (QED) is 0.508. The van der Waals surface area contributed by atoms with E-state index in [2.05, 4.69) is 24.3 Å². The highest BCUT2D eigenvalue weighted by atomic mass is 16.3. The first-order valence-corrected chi connectivity index (χ1v) is 8.34. The average Bonchev–Trinajstić information content (AvgIpc) is 2.49. The fourth-order valence-corrected chi connectivity index (χ4v) is 2.59. The van der Waals surface area contributed by atoms with Gasteiger partial charge in [-0.25, -0.2) is 0 Å². The SMILES string of the molecule is CC(C)(O)CCCCc1ccc(/C=C/c2cc(O)cc(O)c2)cc1. The lowest BCUT2D eigenvalue weighted by Crippen LogP contribution is -2.17. The number of phenolic OH excluding ortho intramolecular Hbond substituents is 2. The fourth-order valence-electron chi connectivity index (χ4n) is 2.59. The van der Waals surface area contributed by atoms with E-state index < -0.39 is 5.60 Å². The second-order valence-corrected chi connectivity index (χ2v) is 6.88. The van der Waals surface area contributed by atoms with Gasteiger partial charge in [0.05, 0.1) is 5.60 Å². The van der Waals surface area contributed by atoms with Crippen molar-refractivity contribution in [2.45, 2.75) is 45.1 Å². The Balaban J connectivity index is 1.88. The molecule has 0 radical (unpaired) electrons. The summed E-state index contributed by atoms with van der Waals surface area (Å²) in [6.45, 7) is 3.70. The van der Waals surface area contributed by atoms with Gasteiger partial charge in [-0.2, -0.15) is 0 Å². The van der Waals surface area contributed by atoms with Crippen molar-refractivity contribution in [2.75, 3.05) is 0 Å². The summed E-state index contributed by atoms with van der Waals surface area (Å²) in [7, 11) is 0. The number of unbranched alkanes of at least 4 members (excludes halogenated alkanes) is 1. The third kappa shape index (κ3) is 6.47. The topological polar surface area (TPSA) is 60.7 Å². The van der Waals surface area contributed by atoms with E-state index in [9.17, 15) is 15.3 Å². The van der Waals surface area contributed by atoms with Crippen molar-refractivity contribution in [3.63, 3.8) is 0 Å². The van der Waals surface area contributed by atoms with E-state index in [0.29, 0.717) is 0 Å². The van der Waals surface area contributed by atoms with Crippen LogP contribution in [0.4, 0.5) is 0 Å². The van der Waals surface area contributed by atoms with E-state index in [1.807, 2.05) is 26.0 Å². The highest BCUT2D eigenvalue weighted by Gasteiger charge is 2.10. The third-order valence-electron chi connectivity index (χ3n) is 3.88. The molecule has 2 rings (SSSR count). The first kappa shape index (κ1) is 18.1. The molecular weight excluding hydrogens is 300 g/mol. The van der Waals surface area contributed by atoms with Crippen molar-refractivity contribution in [1.29, 1.82) is 0 Å². The largest absolute Gasteiger partial charge is 0.508 e. The van der Waals surface area contributed by atoms with Gasteiger partial charge in [-0.15, -0.1) is 0 Å². The van der Waals surface area contributed by atoms with Gasteiger partial charge in [0.2, 0.25) is 0 Å². The molecule has 3 N–H and O–H groups in total. The number of phenols is 2. The Hall–Kier alpha value is -2.26. The van der Waals surface area contributed by atoms with Gasteiger partial charge in [-0.1, -0.05) is 42.8 Å². The smallest absolute Gasteiger partial charge is 0.119 e. The molecule has 0 aliphatic rings.